The molecule has 2 aromatic rings. The van der Waals surface area contributed by atoms with Crippen molar-refractivity contribution in [2.45, 2.75) is 30.8 Å². The molecule has 0 aliphatic rings. The molecular weight excluding hydrogens is 374 g/mol. The number of hydrogen-bond acceptors (Lipinski definition) is 4. The molecule has 1 heterocycles. The van der Waals surface area contributed by atoms with Crippen LogP contribution in [0.3, 0.4) is 0 Å². The fourth-order valence-electron chi connectivity index (χ4n) is 1.98. The van der Waals surface area contributed by atoms with Gasteiger partial charge in [-0.25, -0.2) is 13.2 Å². The molecule has 1 aromatic heterocycles. The lowest BCUT2D eigenvalue weighted by Gasteiger charge is -2.17. The minimum absolute atomic E-state index is 0.0959. The van der Waals surface area contributed by atoms with E-state index in [2.05, 4.69) is 10.1 Å². The predicted molar refractivity (Wildman–Crippen MR) is 77.4 cm³/mol. The average Bonchev–Trinajstić information content (AvgIpc) is 2.78. The molecule has 0 amide bonds. The van der Waals surface area contributed by atoms with E-state index in [4.69, 9.17) is 5.73 Å². The molecule has 2 N–H and O–H groups in total. The number of alkyl halides is 5. The van der Waals surface area contributed by atoms with Gasteiger partial charge >= 0.3 is 6.18 Å². The first-order chi connectivity index (χ1) is 11.3. The van der Waals surface area contributed by atoms with Crippen molar-refractivity contribution >= 4 is 17.1 Å². The minimum Gasteiger partial charge on any atom is -0.611 e. The second-order valence-corrected chi connectivity index (χ2v) is 6.75. The summed E-state index contributed by atoms with van der Waals surface area (Å²) >= 11 is -2.21. The largest absolute Gasteiger partial charge is 0.611 e. The number of nitrogen functional groups attached to an aromatic ring is 1. The number of halogens is 6. The molecule has 25 heavy (non-hydrogen) atoms. The Hall–Kier alpha value is -1.95. The monoisotopic (exact) mass is 386 g/mol. The fraction of sp³-hybridized carbons (Fsp3) is 0.385. The van der Waals surface area contributed by atoms with E-state index in [9.17, 15) is 30.9 Å². The van der Waals surface area contributed by atoms with E-state index in [0.717, 1.165) is 12.1 Å². The number of nitrogens with zero attached hydrogens (tertiary/aromatic N) is 3. The Bertz CT molecular complexity index is 786. The van der Waals surface area contributed by atoms with Gasteiger partial charge in [-0.1, -0.05) is 0 Å². The highest BCUT2D eigenvalue weighted by Gasteiger charge is 2.37. The molecule has 5 nitrogen and oxygen atoms in total. The van der Waals surface area contributed by atoms with Gasteiger partial charge in [0.2, 0.25) is 5.95 Å². The molecule has 0 saturated carbocycles. The zero-order valence-corrected chi connectivity index (χ0v) is 13.7. The maximum atomic E-state index is 14.1. The third kappa shape index (κ3) is 4.37. The first-order valence-electron chi connectivity index (χ1n) is 6.66. The second-order valence-electron chi connectivity index (χ2n) is 5.33. The number of anilines is 1. The summed E-state index contributed by atoms with van der Waals surface area (Å²) < 4.78 is 90.6. The zero-order valence-electron chi connectivity index (χ0n) is 12.9. The quantitative estimate of drug-likeness (QED) is 0.647. The van der Waals surface area contributed by atoms with E-state index >= 15 is 0 Å². The van der Waals surface area contributed by atoms with Gasteiger partial charge in [0.05, 0.1) is 0 Å². The summed E-state index contributed by atoms with van der Waals surface area (Å²) in [6, 6.07) is 1.72. The van der Waals surface area contributed by atoms with Crippen LogP contribution in [0.15, 0.2) is 17.0 Å². The summed E-state index contributed by atoms with van der Waals surface area (Å²) in [5.74, 6) is -7.64. The van der Waals surface area contributed by atoms with Crippen LogP contribution in [-0.2, 0) is 17.4 Å². The molecule has 0 spiro atoms. The van der Waals surface area contributed by atoms with Gasteiger partial charge in [0.1, 0.15) is 11.5 Å². The maximum absolute atomic E-state index is 14.1. The Kier molecular flexibility index (Phi) is 4.97. The van der Waals surface area contributed by atoms with E-state index in [1.807, 2.05) is 0 Å². The van der Waals surface area contributed by atoms with Gasteiger partial charge < -0.3 is 10.3 Å². The molecule has 1 atom stereocenters. The SMILES string of the molecule is Cc1cc(F)c(-n2nc(C(F)(F)F)nc2N)cc1[S@+]([O-])CC(C)(F)F. The molecular formula is C13H12F6N4OS. The molecule has 0 fully saturated rings. The van der Waals surface area contributed by atoms with Crippen molar-refractivity contribution in [3.63, 3.8) is 0 Å². The third-order valence-electron chi connectivity index (χ3n) is 2.99. The number of aromatic nitrogens is 3. The number of benzene rings is 1. The lowest BCUT2D eigenvalue weighted by atomic mass is 10.2. The number of aryl methyl sites for hydroxylation is 1. The third-order valence-corrected chi connectivity index (χ3v) is 4.69. The van der Waals surface area contributed by atoms with Crippen molar-refractivity contribution in [2.75, 3.05) is 11.5 Å². The standard InChI is InChI=1S/C13H12F6N4OS/c1-6-3-7(14)8(4-9(6)25(24)5-12(2,15)16)23-11(20)21-10(22-23)13(17,18)19/h3-4H,5H2,1-2H3,(H2,20,21,22)/t25-/m1/s1. The van der Waals surface area contributed by atoms with Crippen molar-refractivity contribution in [1.82, 2.24) is 14.8 Å². The lowest BCUT2D eigenvalue weighted by molar-refractivity contribution is -0.144. The van der Waals surface area contributed by atoms with E-state index < -0.39 is 52.3 Å². The van der Waals surface area contributed by atoms with Crippen molar-refractivity contribution in [1.29, 1.82) is 0 Å². The van der Waals surface area contributed by atoms with Crippen molar-refractivity contribution in [2.24, 2.45) is 0 Å². The van der Waals surface area contributed by atoms with Crippen LogP contribution in [0.4, 0.5) is 32.3 Å². The summed E-state index contributed by atoms with van der Waals surface area (Å²) in [5.41, 5.74) is 4.85. The Balaban J connectivity index is 2.53. The summed E-state index contributed by atoms with van der Waals surface area (Å²) in [5, 5.41) is 3.09. The van der Waals surface area contributed by atoms with Crippen LogP contribution in [0.2, 0.25) is 0 Å². The number of nitrogens with two attached hydrogens (primary N) is 1. The predicted octanol–water partition coefficient (Wildman–Crippen LogP) is 3.08. The smallest absolute Gasteiger partial charge is 0.453 e. The van der Waals surface area contributed by atoms with Gasteiger partial charge in [0.25, 0.3) is 11.7 Å². The van der Waals surface area contributed by atoms with Crippen LogP contribution in [0.1, 0.15) is 18.3 Å². The van der Waals surface area contributed by atoms with Crippen LogP contribution in [0.5, 0.6) is 0 Å². The van der Waals surface area contributed by atoms with Gasteiger partial charge in [-0.2, -0.15) is 22.8 Å². The van der Waals surface area contributed by atoms with Gasteiger partial charge in [-0.3, -0.25) is 0 Å². The highest BCUT2D eigenvalue weighted by Crippen LogP contribution is 2.30. The Morgan fingerprint density at radius 1 is 1.24 bits per heavy atom. The second kappa shape index (κ2) is 6.41. The highest BCUT2D eigenvalue weighted by atomic mass is 32.2. The summed E-state index contributed by atoms with van der Waals surface area (Å²) in [7, 11) is 0. The molecule has 138 valence electrons. The number of hydrogen-bond donors (Lipinski definition) is 1. The normalized spacial score (nSPS) is 14.0. The van der Waals surface area contributed by atoms with E-state index in [0.29, 0.717) is 11.6 Å². The summed E-state index contributed by atoms with van der Waals surface area (Å²) in [4.78, 5) is 2.83. The van der Waals surface area contributed by atoms with Crippen LogP contribution >= 0.6 is 0 Å². The topological polar surface area (TPSA) is 79.8 Å². The Morgan fingerprint density at radius 3 is 2.32 bits per heavy atom. The molecule has 0 saturated heterocycles. The van der Waals surface area contributed by atoms with Crippen LogP contribution in [0, 0.1) is 12.7 Å². The molecule has 12 heteroatoms. The molecule has 0 bridgehead atoms. The van der Waals surface area contributed by atoms with E-state index in [1.165, 1.54) is 6.92 Å². The zero-order chi connectivity index (χ0) is 19.2. The fourth-order valence-corrected chi connectivity index (χ4v) is 3.26. The van der Waals surface area contributed by atoms with Crippen molar-refractivity contribution < 1.29 is 30.9 Å². The minimum atomic E-state index is -4.91. The lowest BCUT2D eigenvalue weighted by Crippen LogP contribution is -2.25. The van der Waals surface area contributed by atoms with E-state index in [-0.39, 0.29) is 10.5 Å². The molecule has 0 unspecified atom stereocenters. The van der Waals surface area contributed by atoms with Gasteiger partial charge in [0, 0.05) is 18.6 Å². The molecule has 1 aromatic carbocycles. The summed E-state index contributed by atoms with van der Waals surface area (Å²) in [6.45, 7) is 1.90. The van der Waals surface area contributed by atoms with Crippen LogP contribution in [0.25, 0.3) is 5.69 Å². The van der Waals surface area contributed by atoms with Gasteiger partial charge in [-0.15, -0.1) is 5.10 Å². The first kappa shape index (κ1) is 19.4. The van der Waals surface area contributed by atoms with Gasteiger partial charge in [0.15, 0.2) is 10.6 Å². The molecule has 0 aliphatic heterocycles. The van der Waals surface area contributed by atoms with Crippen molar-refractivity contribution in [3.8, 4) is 5.69 Å². The maximum Gasteiger partial charge on any atom is 0.453 e. The molecule has 0 radical (unpaired) electrons. The van der Waals surface area contributed by atoms with Gasteiger partial charge in [-0.05, 0) is 24.2 Å². The van der Waals surface area contributed by atoms with Crippen LogP contribution < -0.4 is 5.73 Å². The highest BCUT2D eigenvalue weighted by molar-refractivity contribution is 7.91. The van der Waals surface area contributed by atoms with Crippen LogP contribution in [-0.4, -0.2) is 31.0 Å². The average molecular weight is 386 g/mol. The molecule has 2 rings (SSSR count). The van der Waals surface area contributed by atoms with E-state index in [1.54, 1.807) is 0 Å². The summed E-state index contributed by atoms with van der Waals surface area (Å²) in [6.07, 6.45) is -4.91. The number of rotatable bonds is 4. The molecule has 0 aliphatic carbocycles. The Morgan fingerprint density at radius 2 is 1.84 bits per heavy atom. The van der Waals surface area contributed by atoms with Crippen molar-refractivity contribution in [3.05, 3.63) is 29.3 Å². The Labute approximate surface area is 141 Å². The first-order valence-corrected chi connectivity index (χ1v) is 7.98.